The summed E-state index contributed by atoms with van der Waals surface area (Å²) in [6.45, 7) is 3.71. The molecular formula is C14H18N6. The van der Waals surface area contributed by atoms with Crippen LogP contribution >= 0.6 is 0 Å². The molecular weight excluding hydrogens is 252 g/mol. The maximum absolute atomic E-state index is 9.43. The average Bonchev–Trinajstić information content (AvgIpc) is 2.70. The van der Waals surface area contributed by atoms with E-state index in [2.05, 4.69) is 39.3 Å². The van der Waals surface area contributed by atoms with Gasteiger partial charge in [0.1, 0.15) is 23.5 Å². The number of likely N-dealkylation sites (N-methyl/N-ethyl adjacent to an activating group) is 1. The topological polar surface area (TPSA) is 79.0 Å². The summed E-state index contributed by atoms with van der Waals surface area (Å²) in [7, 11) is 3.82. The molecule has 20 heavy (non-hydrogen) atoms. The van der Waals surface area contributed by atoms with E-state index in [1.165, 1.54) is 6.20 Å². The molecule has 0 atom stereocenters. The standard InChI is InChI=1S/C14H18N6/c1-17-13-11(8-15)10-18-14(12(13)9-16)20-5-3-4-19(2)6-7-20/h10H,3-7H2,1-2H3,(H,17,18). The predicted molar refractivity (Wildman–Crippen MR) is 77.5 cm³/mol. The molecule has 1 aromatic heterocycles. The Labute approximate surface area is 119 Å². The quantitative estimate of drug-likeness (QED) is 0.864. The van der Waals surface area contributed by atoms with Gasteiger partial charge in [0.2, 0.25) is 0 Å². The molecule has 1 fully saturated rings. The largest absolute Gasteiger partial charge is 0.386 e. The third-order valence-corrected chi connectivity index (χ3v) is 3.56. The van der Waals surface area contributed by atoms with Crippen molar-refractivity contribution in [2.75, 3.05) is 50.5 Å². The van der Waals surface area contributed by atoms with Gasteiger partial charge in [0, 0.05) is 32.9 Å². The predicted octanol–water partition coefficient (Wildman–Crippen LogP) is 1.01. The highest BCUT2D eigenvalue weighted by molar-refractivity contribution is 5.74. The van der Waals surface area contributed by atoms with E-state index in [9.17, 15) is 5.26 Å². The molecule has 0 amide bonds. The zero-order chi connectivity index (χ0) is 14.5. The SMILES string of the molecule is CNc1c(C#N)cnc(N2CCCN(C)CC2)c1C#N. The Morgan fingerprint density at radius 1 is 1.20 bits per heavy atom. The van der Waals surface area contributed by atoms with Crippen LogP contribution in [0.4, 0.5) is 11.5 Å². The summed E-state index contributed by atoms with van der Waals surface area (Å²) in [5.41, 5.74) is 1.42. The lowest BCUT2D eigenvalue weighted by Crippen LogP contribution is -2.30. The molecule has 1 aromatic rings. The summed E-state index contributed by atoms with van der Waals surface area (Å²) >= 11 is 0. The molecule has 104 valence electrons. The first-order valence-electron chi connectivity index (χ1n) is 6.65. The third kappa shape index (κ3) is 2.66. The first-order valence-corrected chi connectivity index (χ1v) is 6.65. The molecule has 6 heteroatoms. The number of rotatable bonds is 2. The van der Waals surface area contributed by atoms with Gasteiger partial charge in [-0.1, -0.05) is 0 Å². The van der Waals surface area contributed by atoms with Crippen LogP contribution in [0, 0.1) is 22.7 Å². The van der Waals surface area contributed by atoms with E-state index in [4.69, 9.17) is 5.26 Å². The Balaban J connectivity index is 2.42. The Morgan fingerprint density at radius 2 is 2.00 bits per heavy atom. The minimum absolute atomic E-state index is 0.403. The van der Waals surface area contributed by atoms with Crippen LogP contribution in [-0.2, 0) is 0 Å². The van der Waals surface area contributed by atoms with Crippen LogP contribution in [0.1, 0.15) is 17.5 Å². The van der Waals surface area contributed by atoms with Crippen LogP contribution in [0.25, 0.3) is 0 Å². The van der Waals surface area contributed by atoms with E-state index in [1.54, 1.807) is 7.05 Å². The lowest BCUT2D eigenvalue weighted by molar-refractivity contribution is 0.360. The van der Waals surface area contributed by atoms with Crippen LogP contribution in [-0.4, -0.2) is 50.2 Å². The van der Waals surface area contributed by atoms with Gasteiger partial charge in [0.15, 0.2) is 0 Å². The van der Waals surface area contributed by atoms with Gasteiger partial charge in [-0.15, -0.1) is 0 Å². The zero-order valence-corrected chi connectivity index (χ0v) is 11.8. The molecule has 1 saturated heterocycles. The molecule has 6 nitrogen and oxygen atoms in total. The van der Waals surface area contributed by atoms with Crippen molar-refractivity contribution in [3.05, 3.63) is 17.3 Å². The molecule has 2 rings (SSSR count). The van der Waals surface area contributed by atoms with Gasteiger partial charge in [-0.05, 0) is 20.0 Å². The molecule has 1 aliphatic rings. The fourth-order valence-electron chi connectivity index (χ4n) is 2.45. The minimum Gasteiger partial charge on any atom is -0.386 e. The first-order chi connectivity index (χ1) is 9.71. The van der Waals surface area contributed by atoms with Crippen molar-refractivity contribution in [3.63, 3.8) is 0 Å². The van der Waals surface area contributed by atoms with Crippen molar-refractivity contribution < 1.29 is 0 Å². The third-order valence-electron chi connectivity index (χ3n) is 3.56. The van der Waals surface area contributed by atoms with Gasteiger partial charge in [-0.3, -0.25) is 0 Å². The number of nitrogens with zero attached hydrogens (tertiary/aromatic N) is 5. The highest BCUT2D eigenvalue weighted by atomic mass is 15.2. The van der Waals surface area contributed by atoms with Crippen molar-refractivity contribution in [3.8, 4) is 12.1 Å². The van der Waals surface area contributed by atoms with Crippen LogP contribution in [0.2, 0.25) is 0 Å². The molecule has 2 heterocycles. The van der Waals surface area contributed by atoms with E-state index < -0.39 is 0 Å². The second kappa shape index (κ2) is 6.23. The molecule has 0 saturated carbocycles. The van der Waals surface area contributed by atoms with Crippen molar-refractivity contribution in [1.29, 1.82) is 10.5 Å². The van der Waals surface area contributed by atoms with E-state index in [0.717, 1.165) is 32.6 Å². The summed E-state index contributed by atoms with van der Waals surface area (Å²) in [6.07, 6.45) is 2.58. The van der Waals surface area contributed by atoms with Gasteiger partial charge in [0.25, 0.3) is 0 Å². The normalized spacial score (nSPS) is 16.1. The van der Waals surface area contributed by atoms with Gasteiger partial charge in [-0.2, -0.15) is 10.5 Å². The molecule has 0 unspecified atom stereocenters. The average molecular weight is 270 g/mol. The Morgan fingerprint density at radius 3 is 2.65 bits per heavy atom. The summed E-state index contributed by atoms with van der Waals surface area (Å²) in [4.78, 5) is 8.74. The summed E-state index contributed by atoms with van der Waals surface area (Å²) in [6, 6.07) is 4.26. The van der Waals surface area contributed by atoms with Crippen LogP contribution in [0.15, 0.2) is 6.20 Å². The number of nitriles is 2. The molecule has 0 spiro atoms. The lowest BCUT2D eigenvalue weighted by atomic mass is 10.1. The second-order valence-electron chi connectivity index (χ2n) is 4.86. The number of pyridine rings is 1. The number of nitrogens with one attached hydrogen (secondary N) is 1. The van der Waals surface area contributed by atoms with Crippen LogP contribution < -0.4 is 10.2 Å². The maximum atomic E-state index is 9.43. The summed E-state index contributed by atoms with van der Waals surface area (Å²) < 4.78 is 0. The van der Waals surface area contributed by atoms with Crippen molar-refractivity contribution in [1.82, 2.24) is 9.88 Å². The lowest BCUT2D eigenvalue weighted by Gasteiger charge is -2.23. The second-order valence-corrected chi connectivity index (χ2v) is 4.86. The Hall–Kier alpha value is -2.31. The highest BCUT2D eigenvalue weighted by Gasteiger charge is 2.20. The summed E-state index contributed by atoms with van der Waals surface area (Å²) in [5.74, 6) is 0.672. The monoisotopic (exact) mass is 270 g/mol. The highest BCUT2D eigenvalue weighted by Crippen LogP contribution is 2.28. The fraction of sp³-hybridized carbons (Fsp3) is 0.500. The minimum atomic E-state index is 0.403. The van der Waals surface area contributed by atoms with Gasteiger partial charge in [-0.25, -0.2) is 4.98 Å². The van der Waals surface area contributed by atoms with Gasteiger partial charge >= 0.3 is 0 Å². The Bertz CT molecular complexity index is 568. The number of hydrogen-bond donors (Lipinski definition) is 1. The van der Waals surface area contributed by atoms with E-state index in [1.807, 2.05) is 0 Å². The van der Waals surface area contributed by atoms with Crippen molar-refractivity contribution in [2.24, 2.45) is 0 Å². The van der Waals surface area contributed by atoms with E-state index in [-0.39, 0.29) is 0 Å². The van der Waals surface area contributed by atoms with Crippen molar-refractivity contribution in [2.45, 2.75) is 6.42 Å². The summed E-state index contributed by atoms with van der Waals surface area (Å²) in [5, 5.41) is 21.5. The molecule has 1 aliphatic heterocycles. The number of hydrogen-bond acceptors (Lipinski definition) is 6. The zero-order valence-electron chi connectivity index (χ0n) is 11.8. The Kier molecular flexibility index (Phi) is 4.39. The van der Waals surface area contributed by atoms with Crippen molar-refractivity contribution >= 4 is 11.5 Å². The van der Waals surface area contributed by atoms with Gasteiger partial charge in [0.05, 0.1) is 11.3 Å². The van der Waals surface area contributed by atoms with Crippen LogP contribution in [0.3, 0.4) is 0 Å². The van der Waals surface area contributed by atoms with E-state index >= 15 is 0 Å². The fourth-order valence-corrected chi connectivity index (χ4v) is 2.45. The number of aromatic nitrogens is 1. The number of anilines is 2. The smallest absolute Gasteiger partial charge is 0.148 e. The molecule has 1 N–H and O–H groups in total. The van der Waals surface area contributed by atoms with E-state index in [0.29, 0.717) is 22.6 Å². The molecule has 0 radical (unpaired) electrons. The molecule has 0 aromatic carbocycles. The first kappa shape index (κ1) is 14.1. The van der Waals surface area contributed by atoms with Gasteiger partial charge < -0.3 is 15.1 Å². The van der Waals surface area contributed by atoms with Crippen LogP contribution in [0.5, 0.6) is 0 Å². The maximum Gasteiger partial charge on any atom is 0.148 e. The molecule has 0 aliphatic carbocycles. The molecule has 0 bridgehead atoms.